The number of hydrogen-bond acceptors (Lipinski definition) is 5. The first-order valence-corrected chi connectivity index (χ1v) is 14.2. The average Bonchev–Trinajstić information content (AvgIpc) is 3.62. The molecule has 0 bridgehead atoms. The minimum atomic E-state index is -0.453. The molecule has 1 fully saturated rings. The predicted octanol–water partition coefficient (Wildman–Crippen LogP) is 5.15. The molecule has 0 aliphatic carbocycles. The molecule has 4 amide bonds. The fourth-order valence-electron chi connectivity index (χ4n) is 5.20. The van der Waals surface area contributed by atoms with Gasteiger partial charge in [-0.25, -0.2) is 4.79 Å². The predicted molar refractivity (Wildman–Crippen MR) is 170 cm³/mol. The van der Waals surface area contributed by atoms with Gasteiger partial charge >= 0.3 is 6.03 Å². The molecule has 2 aliphatic heterocycles. The largest absolute Gasteiger partial charge is 0.362 e. The number of urea groups is 1. The van der Waals surface area contributed by atoms with Crippen LogP contribution in [0.3, 0.4) is 0 Å². The number of hydrogen-bond donors (Lipinski definition) is 5. The molecule has 1 saturated heterocycles. The lowest BCUT2D eigenvalue weighted by Crippen LogP contribution is -2.43. The van der Waals surface area contributed by atoms with Gasteiger partial charge in [-0.2, -0.15) is 0 Å². The molecule has 6 rings (SSSR count). The molecule has 0 unspecified atom stereocenters. The molecule has 0 atom stereocenters. The third-order valence-corrected chi connectivity index (χ3v) is 7.58. The third kappa shape index (κ3) is 6.83. The second-order valence-corrected chi connectivity index (χ2v) is 10.8. The number of aromatic amines is 1. The van der Waals surface area contributed by atoms with Crippen molar-refractivity contribution in [1.82, 2.24) is 14.8 Å². The summed E-state index contributed by atoms with van der Waals surface area (Å²) in [6.07, 6.45) is 3.58. The molecule has 4 aromatic rings. The van der Waals surface area contributed by atoms with E-state index in [1.807, 2.05) is 36.4 Å². The number of benzene rings is 3. The average molecular weight is 576 g/mol. The summed E-state index contributed by atoms with van der Waals surface area (Å²) < 4.78 is 0. The molecule has 5 N–H and O–H groups in total. The Balaban J connectivity index is 1.04. The van der Waals surface area contributed by atoms with E-state index in [0.29, 0.717) is 33.9 Å². The Hall–Kier alpha value is -5.19. The Bertz CT molecular complexity index is 1670. The first kappa shape index (κ1) is 28.0. The first-order valence-electron chi connectivity index (χ1n) is 14.2. The summed E-state index contributed by atoms with van der Waals surface area (Å²) in [6.45, 7) is 5.09. The number of nitrogens with one attached hydrogen (secondary N) is 5. The molecule has 218 valence electrons. The standard InChI is InChI=1S/C33H33N7O3/c1-39-14-16-40(17-15-39)21-22-7-9-23(10-8-22)31(41)35-25-4-2-5-26(18-25)36-33(43)37-27-11-12-28-29(19-24-6-3-13-34-24)32(42)38-30(28)20-27/h2-13,18-20,34H,14-17,21H2,1H3,(H,35,41)(H,38,42)(H2,36,37,43)/b29-19-. The van der Waals surface area contributed by atoms with Crippen LogP contribution in [0.5, 0.6) is 0 Å². The topological polar surface area (TPSA) is 122 Å². The smallest absolute Gasteiger partial charge is 0.323 e. The van der Waals surface area contributed by atoms with Gasteiger partial charge in [-0.3, -0.25) is 14.5 Å². The Morgan fingerprint density at radius 2 is 1.56 bits per heavy atom. The molecule has 3 aromatic carbocycles. The summed E-state index contributed by atoms with van der Waals surface area (Å²) in [7, 11) is 2.14. The Morgan fingerprint density at radius 1 is 0.837 bits per heavy atom. The molecule has 0 radical (unpaired) electrons. The lowest BCUT2D eigenvalue weighted by molar-refractivity contribution is -0.110. The van der Waals surface area contributed by atoms with Crippen molar-refractivity contribution in [3.05, 3.63) is 107 Å². The van der Waals surface area contributed by atoms with Crippen molar-refractivity contribution in [2.45, 2.75) is 6.54 Å². The van der Waals surface area contributed by atoms with Gasteiger partial charge < -0.3 is 31.2 Å². The SMILES string of the molecule is CN1CCN(Cc2ccc(C(=O)Nc3cccc(NC(=O)Nc4ccc5c(c4)NC(=O)/C5=C\c4ccc[nH]4)c3)cc2)CC1. The molecule has 10 heteroatoms. The van der Waals surface area contributed by atoms with Crippen molar-refractivity contribution in [3.8, 4) is 0 Å². The van der Waals surface area contributed by atoms with Crippen LogP contribution in [0, 0.1) is 0 Å². The number of nitrogens with zero attached hydrogens (tertiary/aromatic N) is 2. The van der Waals surface area contributed by atoms with Gasteiger partial charge in [0.2, 0.25) is 0 Å². The number of fused-ring (bicyclic) bond motifs is 1. The van der Waals surface area contributed by atoms with Crippen molar-refractivity contribution >= 4 is 52.2 Å². The number of carbonyl (C=O) groups is 3. The van der Waals surface area contributed by atoms with Gasteiger partial charge in [0.05, 0.1) is 11.3 Å². The normalized spacial score (nSPS) is 16.0. The van der Waals surface area contributed by atoms with E-state index in [2.05, 4.69) is 43.1 Å². The molecule has 3 heterocycles. The third-order valence-electron chi connectivity index (χ3n) is 7.58. The van der Waals surface area contributed by atoms with Gasteiger partial charge in [0, 0.05) is 72.8 Å². The van der Waals surface area contributed by atoms with E-state index in [-0.39, 0.29) is 11.8 Å². The number of rotatable bonds is 7. The fraction of sp³-hybridized carbons (Fsp3) is 0.182. The molecule has 10 nitrogen and oxygen atoms in total. The monoisotopic (exact) mass is 575 g/mol. The van der Waals surface area contributed by atoms with Crippen LogP contribution < -0.4 is 21.3 Å². The van der Waals surface area contributed by atoms with Crippen LogP contribution >= 0.6 is 0 Å². The summed E-state index contributed by atoms with van der Waals surface area (Å²) >= 11 is 0. The van der Waals surface area contributed by atoms with Crippen LogP contribution in [-0.2, 0) is 11.3 Å². The van der Waals surface area contributed by atoms with E-state index >= 15 is 0 Å². The van der Waals surface area contributed by atoms with Crippen molar-refractivity contribution in [1.29, 1.82) is 0 Å². The zero-order valence-electron chi connectivity index (χ0n) is 23.8. The van der Waals surface area contributed by atoms with E-state index in [9.17, 15) is 14.4 Å². The lowest BCUT2D eigenvalue weighted by Gasteiger charge is -2.32. The van der Waals surface area contributed by atoms with Crippen LogP contribution in [0.4, 0.5) is 27.5 Å². The van der Waals surface area contributed by atoms with Gasteiger partial charge in [0.15, 0.2) is 0 Å². The Morgan fingerprint density at radius 3 is 2.28 bits per heavy atom. The molecular formula is C33H33N7O3. The maximum atomic E-state index is 12.9. The van der Waals surface area contributed by atoms with Crippen molar-refractivity contribution in [3.63, 3.8) is 0 Å². The zero-order valence-corrected chi connectivity index (χ0v) is 23.8. The number of H-pyrrole nitrogens is 1. The summed E-state index contributed by atoms with van der Waals surface area (Å²) in [6, 6.07) is 23.2. The molecule has 43 heavy (non-hydrogen) atoms. The maximum absolute atomic E-state index is 12.9. The van der Waals surface area contributed by atoms with Crippen LogP contribution in [0.1, 0.15) is 27.2 Å². The van der Waals surface area contributed by atoms with Gasteiger partial charge in [-0.05, 0) is 73.3 Å². The van der Waals surface area contributed by atoms with E-state index in [4.69, 9.17) is 0 Å². The molecule has 2 aliphatic rings. The minimum Gasteiger partial charge on any atom is -0.362 e. The second-order valence-electron chi connectivity index (χ2n) is 10.8. The first-order chi connectivity index (χ1) is 20.9. The molecule has 0 spiro atoms. The van der Waals surface area contributed by atoms with Crippen LogP contribution in [-0.4, -0.2) is 65.9 Å². The zero-order chi connectivity index (χ0) is 29.8. The van der Waals surface area contributed by atoms with Crippen LogP contribution in [0.2, 0.25) is 0 Å². The number of likely N-dealkylation sites (N-methyl/N-ethyl adjacent to an activating group) is 1. The van der Waals surface area contributed by atoms with Crippen LogP contribution in [0.25, 0.3) is 11.6 Å². The Kier molecular flexibility index (Phi) is 8.03. The maximum Gasteiger partial charge on any atom is 0.323 e. The number of carbonyl (C=O) groups excluding carboxylic acids is 3. The van der Waals surface area contributed by atoms with E-state index in [1.54, 1.807) is 54.7 Å². The van der Waals surface area contributed by atoms with Gasteiger partial charge in [-0.1, -0.05) is 24.3 Å². The van der Waals surface area contributed by atoms with Crippen molar-refractivity contribution in [2.75, 3.05) is 54.5 Å². The molecule has 0 saturated carbocycles. The number of aromatic nitrogens is 1. The van der Waals surface area contributed by atoms with E-state index < -0.39 is 6.03 Å². The molecule has 1 aromatic heterocycles. The number of piperazine rings is 1. The highest BCUT2D eigenvalue weighted by molar-refractivity contribution is 6.35. The molecular weight excluding hydrogens is 542 g/mol. The second kappa shape index (κ2) is 12.4. The number of amides is 4. The fourth-order valence-corrected chi connectivity index (χ4v) is 5.20. The van der Waals surface area contributed by atoms with E-state index in [1.165, 1.54) is 5.56 Å². The Labute approximate surface area is 249 Å². The highest BCUT2D eigenvalue weighted by Gasteiger charge is 2.24. The highest BCUT2D eigenvalue weighted by Crippen LogP contribution is 2.35. The van der Waals surface area contributed by atoms with Crippen LogP contribution in [0.15, 0.2) is 85.1 Å². The van der Waals surface area contributed by atoms with Gasteiger partial charge in [0.25, 0.3) is 11.8 Å². The van der Waals surface area contributed by atoms with Gasteiger partial charge in [0.1, 0.15) is 0 Å². The summed E-state index contributed by atoms with van der Waals surface area (Å²) in [4.78, 5) is 46.0. The summed E-state index contributed by atoms with van der Waals surface area (Å²) in [5, 5.41) is 11.3. The van der Waals surface area contributed by atoms with E-state index in [0.717, 1.165) is 44.0 Å². The van der Waals surface area contributed by atoms with Crippen molar-refractivity contribution in [2.24, 2.45) is 0 Å². The minimum absolute atomic E-state index is 0.202. The summed E-state index contributed by atoms with van der Waals surface area (Å²) in [5.74, 6) is -0.427. The van der Waals surface area contributed by atoms with Crippen molar-refractivity contribution < 1.29 is 14.4 Å². The summed E-state index contributed by atoms with van der Waals surface area (Å²) in [5.41, 5.74) is 6.11. The van der Waals surface area contributed by atoms with Gasteiger partial charge in [-0.15, -0.1) is 0 Å². The number of anilines is 4. The highest BCUT2D eigenvalue weighted by atomic mass is 16.2. The lowest BCUT2D eigenvalue weighted by atomic mass is 10.1. The quantitative estimate of drug-likeness (QED) is 0.195.